The largest absolute Gasteiger partial charge is 0.493 e. The number of ether oxygens (including phenoxy) is 4. The summed E-state index contributed by atoms with van der Waals surface area (Å²) in [4.78, 5) is 26.4. The molecule has 3 rings (SSSR count). The molecular formula is C32H37Cl2N3O7. The molecule has 1 aliphatic heterocycles. The van der Waals surface area contributed by atoms with E-state index in [4.69, 9.17) is 42.1 Å². The van der Waals surface area contributed by atoms with Gasteiger partial charge in [-0.15, -0.1) is 0 Å². The molecule has 0 fully saturated rings. The number of carbonyl (C=O) groups is 2. The summed E-state index contributed by atoms with van der Waals surface area (Å²) < 4.78 is 22.2. The molecule has 10 nitrogen and oxygen atoms in total. The number of hydrogen-bond acceptors (Lipinski definition) is 10. The lowest BCUT2D eigenvalue weighted by Gasteiger charge is -2.31. The number of hydrogen-bond donors (Lipinski definition) is 3. The third kappa shape index (κ3) is 9.37. The molecule has 236 valence electrons. The smallest absolute Gasteiger partial charge is 0.337 e. The molecule has 3 N–H and O–H groups in total. The van der Waals surface area contributed by atoms with Crippen LogP contribution in [0.5, 0.6) is 11.5 Å². The molecule has 2 aromatic carbocycles. The van der Waals surface area contributed by atoms with Gasteiger partial charge < -0.3 is 34.7 Å². The number of benzene rings is 2. The van der Waals surface area contributed by atoms with Crippen molar-refractivity contribution in [2.24, 2.45) is 0 Å². The van der Waals surface area contributed by atoms with Gasteiger partial charge in [0.15, 0.2) is 0 Å². The maximum absolute atomic E-state index is 13.3. The Labute approximate surface area is 267 Å². The van der Waals surface area contributed by atoms with Gasteiger partial charge in [0.2, 0.25) is 0 Å². The summed E-state index contributed by atoms with van der Waals surface area (Å²) in [6.07, 6.45) is 0.227. The highest BCUT2D eigenvalue weighted by atomic mass is 35.5. The zero-order chi connectivity index (χ0) is 32.2. The molecule has 0 saturated carbocycles. The van der Waals surface area contributed by atoms with Crippen molar-refractivity contribution >= 4 is 35.1 Å². The van der Waals surface area contributed by atoms with Crippen molar-refractivity contribution in [1.82, 2.24) is 10.6 Å². The van der Waals surface area contributed by atoms with E-state index >= 15 is 0 Å². The second kappa shape index (κ2) is 16.9. The van der Waals surface area contributed by atoms with Gasteiger partial charge in [0.05, 0.1) is 36.9 Å². The van der Waals surface area contributed by atoms with E-state index in [1.807, 2.05) is 36.4 Å². The highest BCUT2D eigenvalue weighted by molar-refractivity contribution is 6.35. The van der Waals surface area contributed by atoms with E-state index in [9.17, 15) is 20.0 Å². The van der Waals surface area contributed by atoms with Gasteiger partial charge in [-0.2, -0.15) is 5.26 Å². The predicted molar refractivity (Wildman–Crippen MR) is 166 cm³/mol. The second-order valence-corrected chi connectivity index (χ2v) is 11.1. The van der Waals surface area contributed by atoms with Gasteiger partial charge in [-0.1, -0.05) is 41.4 Å². The number of carbonyl (C=O) groups excluding carboxylic acids is 2. The number of aliphatic hydroxyl groups is 1. The van der Waals surface area contributed by atoms with E-state index in [0.29, 0.717) is 31.0 Å². The van der Waals surface area contributed by atoms with Crippen LogP contribution < -0.4 is 20.1 Å². The van der Waals surface area contributed by atoms with E-state index in [2.05, 4.69) is 10.6 Å². The van der Waals surface area contributed by atoms with Crippen LogP contribution in [0.15, 0.2) is 65.0 Å². The number of nitriles is 1. The van der Waals surface area contributed by atoms with E-state index < -0.39 is 30.1 Å². The number of para-hydroxylation sites is 1. The second-order valence-electron chi connectivity index (χ2n) is 10.3. The molecular weight excluding hydrogens is 609 g/mol. The van der Waals surface area contributed by atoms with Crippen LogP contribution in [-0.4, -0.2) is 62.7 Å². The number of unbranched alkanes of at least 4 members (excludes halogenated alkanes) is 1. The van der Waals surface area contributed by atoms with Gasteiger partial charge in [0.25, 0.3) is 0 Å². The van der Waals surface area contributed by atoms with E-state index in [1.165, 1.54) is 13.2 Å². The Hall–Kier alpha value is -3.75. The molecule has 0 saturated heterocycles. The fraction of sp³-hybridized carbons (Fsp3) is 0.406. The van der Waals surface area contributed by atoms with Gasteiger partial charge in [-0.3, -0.25) is 0 Å². The van der Waals surface area contributed by atoms with Crippen LogP contribution in [0.25, 0.3) is 0 Å². The molecule has 1 heterocycles. The first-order chi connectivity index (χ1) is 21.1. The molecule has 12 heteroatoms. The minimum atomic E-state index is -1.13. The highest BCUT2D eigenvalue weighted by Crippen LogP contribution is 2.47. The Morgan fingerprint density at radius 2 is 1.82 bits per heavy atom. The van der Waals surface area contributed by atoms with Gasteiger partial charge in [-0.05, 0) is 64.4 Å². The minimum absolute atomic E-state index is 0.0835. The number of rotatable bonds is 15. The summed E-state index contributed by atoms with van der Waals surface area (Å²) in [5, 5.41) is 26.5. The number of esters is 2. The topological polar surface area (TPSA) is 139 Å². The van der Waals surface area contributed by atoms with Crippen molar-refractivity contribution in [2.75, 3.05) is 33.4 Å². The summed E-state index contributed by atoms with van der Waals surface area (Å²) in [5.74, 6) is -1.70. The number of allylic oxidation sites excluding steroid dienone is 2. The van der Waals surface area contributed by atoms with Crippen molar-refractivity contribution in [1.29, 1.82) is 5.26 Å². The Bertz CT molecular complexity index is 1420. The molecule has 0 spiro atoms. The average molecular weight is 647 g/mol. The molecule has 0 radical (unpaired) electrons. The predicted octanol–water partition coefficient (Wildman–Crippen LogP) is 5.04. The van der Waals surface area contributed by atoms with E-state index in [0.717, 1.165) is 6.42 Å². The van der Waals surface area contributed by atoms with Gasteiger partial charge in [0.1, 0.15) is 36.0 Å². The third-order valence-corrected chi connectivity index (χ3v) is 7.09. The zero-order valence-corrected chi connectivity index (χ0v) is 26.6. The Balaban J connectivity index is 1.74. The summed E-state index contributed by atoms with van der Waals surface area (Å²) in [6.45, 7) is 6.43. The number of aliphatic hydroxyl groups excluding tert-OH is 1. The molecule has 2 atom stereocenters. The van der Waals surface area contributed by atoms with Crippen molar-refractivity contribution < 1.29 is 33.6 Å². The lowest BCUT2D eigenvalue weighted by molar-refractivity contribution is -0.143. The first-order valence-corrected chi connectivity index (χ1v) is 14.9. The molecule has 1 aliphatic rings. The quantitative estimate of drug-likeness (QED) is 0.178. The van der Waals surface area contributed by atoms with Crippen LogP contribution in [0, 0.1) is 11.3 Å². The lowest BCUT2D eigenvalue weighted by Crippen LogP contribution is -2.33. The summed E-state index contributed by atoms with van der Waals surface area (Å²) >= 11 is 13.0. The highest BCUT2D eigenvalue weighted by Gasteiger charge is 2.42. The van der Waals surface area contributed by atoms with Crippen LogP contribution in [0.1, 0.15) is 45.1 Å². The maximum Gasteiger partial charge on any atom is 0.337 e. The van der Waals surface area contributed by atoms with Crippen LogP contribution in [0.3, 0.4) is 0 Å². The third-order valence-electron chi connectivity index (χ3n) is 6.56. The fourth-order valence-corrected chi connectivity index (χ4v) is 5.20. The van der Waals surface area contributed by atoms with Crippen molar-refractivity contribution in [3.8, 4) is 17.6 Å². The fourth-order valence-electron chi connectivity index (χ4n) is 4.61. The molecule has 0 aliphatic carbocycles. The Kier molecular flexibility index (Phi) is 13.4. The van der Waals surface area contributed by atoms with Crippen molar-refractivity contribution in [2.45, 2.75) is 51.7 Å². The standard InChI is InChI=1S/C32H37Cl2N3O7/c1-19(2)44-32(40)27-20(3)37-25(16-35)29(31(39)41-4)30(27)28-24(34)14-21(33)15-26(28)42-13-9-8-12-36-17-22(38)18-43-23-10-6-5-7-11-23/h5-7,10-11,14-15,19,22,30,36-38H,8-9,12-13,17-18H2,1-4H3. The first kappa shape index (κ1) is 34.7. The molecule has 2 aromatic rings. The normalized spacial score (nSPS) is 15.4. The average Bonchev–Trinajstić information content (AvgIpc) is 2.98. The minimum Gasteiger partial charge on any atom is -0.493 e. The van der Waals surface area contributed by atoms with Crippen LogP contribution in [0.4, 0.5) is 0 Å². The van der Waals surface area contributed by atoms with Crippen molar-refractivity contribution in [3.63, 3.8) is 0 Å². The van der Waals surface area contributed by atoms with Gasteiger partial charge in [0, 0.05) is 27.9 Å². The first-order valence-electron chi connectivity index (χ1n) is 14.2. The molecule has 0 amide bonds. The van der Waals surface area contributed by atoms with E-state index in [1.54, 1.807) is 26.8 Å². The molecule has 2 unspecified atom stereocenters. The van der Waals surface area contributed by atoms with Crippen LogP contribution >= 0.6 is 23.2 Å². The number of halogens is 2. The van der Waals surface area contributed by atoms with Crippen LogP contribution in [0.2, 0.25) is 10.0 Å². The maximum atomic E-state index is 13.3. The number of dihydropyridines is 1. The van der Waals surface area contributed by atoms with Gasteiger partial charge >= 0.3 is 11.9 Å². The molecule has 0 bridgehead atoms. The monoisotopic (exact) mass is 645 g/mol. The van der Waals surface area contributed by atoms with E-state index in [-0.39, 0.29) is 51.4 Å². The summed E-state index contributed by atoms with van der Waals surface area (Å²) in [5.41, 5.74) is 0.500. The van der Waals surface area contributed by atoms with Crippen molar-refractivity contribution in [3.05, 3.63) is 80.6 Å². The zero-order valence-electron chi connectivity index (χ0n) is 25.1. The number of methoxy groups -OCH3 is 1. The van der Waals surface area contributed by atoms with Gasteiger partial charge in [-0.25, -0.2) is 9.59 Å². The number of nitrogens with zero attached hydrogens (tertiary/aromatic N) is 1. The Morgan fingerprint density at radius 1 is 1.09 bits per heavy atom. The Morgan fingerprint density at radius 3 is 2.48 bits per heavy atom. The summed E-state index contributed by atoms with van der Waals surface area (Å²) in [7, 11) is 1.18. The SMILES string of the molecule is COC(=O)C1=C(C#N)NC(C)=C(C(=O)OC(C)C)C1c1c(Cl)cc(Cl)cc1OCCCCNCC(O)COc1ccccc1. The lowest BCUT2D eigenvalue weighted by atomic mass is 9.79. The summed E-state index contributed by atoms with van der Waals surface area (Å²) in [6, 6.07) is 14.3. The number of nitrogens with one attached hydrogen (secondary N) is 2. The molecule has 44 heavy (non-hydrogen) atoms. The van der Waals surface area contributed by atoms with Crippen LogP contribution in [-0.2, 0) is 19.1 Å². The molecule has 0 aromatic heterocycles.